The van der Waals surface area contributed by atoms with Gasteiger partial charge >= 0.3 is 0 Å². The van der Waals surface area contributed by atoms with Crippen LogP contribution in [0.15, 0.2) is 0 Å². The molecule has 1 N–H and O–H groups in total. The van der Waals surface area contributed by atoms with E-state index in [9.17, 15) is 4.79 Å². The average molecular weight is 213 g/mol. The highest BCUT2D eigenvalue weighted by Gasteiger charge is 2.31. The van der Waals surface area contributed by atoms with Gasteiger partial charge in [0.15, 0.2) is 0 Å². The van der Waals surface area contributed by atoms with Crippen molar-refractivity contribution in [2.24, 2.45) is 11.8 Å². The lowest BCUT2D eigenvalue weighted by molar-refractivity contribution is -0.126. The van der Waals surface area contributed by atoms with Gasteiger partial charge < -0.3 is 10.1 Å². The topological polar surface area (TPSA) is 38.3 Å². The lowest BCUT2D eigenvalue weighted by atomic mass is 9.88. The molecule has 1 saturated carbocycles. The Balaban J connectivity index is 2.07. The molecule has 0 aliphatic heterocycles. The van der Waals surface area contributed by atoms with Crippen molar-refractivity contribution in [3.63, 3.8) is 0 Å². The van der Waals surface area contributed by atoms with Gasteiger partial charge in [0.2, 0.25) is 5.91 Å². The highest BCUT2D eigenvalue weighted by molar-refractivity contribution is 5.78. The van der Waals surface area contributed by atoms with Crippen LogP contribution in [0.3, 0.4) is 0 Å². The van der Waals surface area contributed by atoms with Gasteiger partial charge in [0.25, 0.3) is 0 Å². The second kappa shape index (κ2) is 5.50. The summed E-state index contributed by atoms with van der Waals surface area (Å²) in [4.78, 5) is 11.4. The van der Waals surface area contributed by atoms with E-state index in [1.807, 2.05) is 13.8 Å². The number of amides is 1. The van der Waals surface area contributed by atoms with Gasteiger partial charge in [0, 0.05) is 18.6 Å². The number of hydrogen-bond donors (Lipinski definition) is 1. The Morgan fingerprint density at radius 2 is 1.93 bits per heavy atom. The summed E-state index contributed by atoms with van der Waals surface area (Å²) in [7, 11) is 0. The van der Waals surface area contributed by atoms with Crippen LogP contribution in [0.2, 0.25) is 0 Å². The van der Waals surface area contributed by atoms with Crippen LogP contribution in [-0.2, 0) is 9.53 Å². The molecule has 1 aliphatic carbocycles. The first-order valence-electron chi connectivity index (χ1n) is 5.91. The Bertz CT molecular complexity index is 208. The molecule has 0 aromatic heterocycles. The van der Waals surface area contributed by atoms with Crippen LogP contribution in [0.4, 0.5) is 0 Å². The third kappa shape index (κ3) is 4.20. The Kier molecular flexibility index (Phi) is 4.58. The van der Waals surface area contributed by atoms with Crippen LogP contribution in [0.25, 0.3) is 0 Å². The fourth-order valence-electron chi connectivity index (χ4n) is 1.52. The molecule has 1 aliphatic rings. The van der Waals surface area contributed by atoms with E-state index in [4.69, 9.17) is 4.74 Å². The smallest absolute Gasteiger partial charge is 0.222 e. The normalized spacial score (nSPS) is 25.5. The molecule has 1 fully saturated rings. The maximum Gasteiger partial charge on any atom is 0.222 e. The third-order valence-corrected chi connectivity index (χ3v) is 2.63. The van der Waals surface area contributed by atoms with Gasteiger partial charge in [-0.05, 0) is 18.8 Å². The highest BCUT2D eigenvalue weighted by Crippen LogP contribution is 2.24. The molecule has 0 heterocycles. The Hall–Kier alpha value is -0.570. The van der Waals surface area contributed by atoms with Crippen molar-refractivity contribution in [2.75, 3.05) is 6.61 Å². The molecule has 0 atom stereocenters. The van der Waals surface area contributed by atoms with E-state index in [2.05, 4.69) is 19.2 Å². The molecule has 3 nitrogen and oxygen atoms in total. The summed E-state index contributed by atoms with van der Waals surface area (Å²) in [5, 5.41) is 3.01. The van der Waals surface area contributed by atoms with Gasteiger partial charge in [-0.2, -0.15) is 0 Å². The van der Waals surface area contributed by atoms with E-state index in [1.54, 1.807) is 0 Å². The number of carbonyl (C=O) groups is 1. The lowest BCUT2D eigenvalue weighted by Gasteiger charge is -2.36. The van der Waals surface area contributed by atoms with Crippen molar-refractivity contribution in [3.05, 3.63) is 0 Å². The molecule has 0 aromatic carbocycles. The number of rotatable bonds is 5. The molecule has 1 rings (SSSR count). The van der Waals surface area contributed by atoms with Crippen LogP contribution in [-0.4, -0.2) is 24.7 Å². The van der Waals surface area contributed by atoms with E-state index < -0.39 is 0 Å². The summed E-state index contributed by atoms with van der Waals surface area (Å²) in [5.74, 6) is 0.831. The standard InChI is InChI=1S/C12H23NO2/c1-8(2)7-15-11-5-10(6-11)13-12(14)9(3)4/h8-11H,5-7H2,1-4H3,(H,13,14). The van der Waals surface area contributed by atoms with E-state index in [0.717, 1.165) is 19.4 Å². The van der Waals surface area contributed by atoms with Gasteiger partial charge in [-0.15, -0.1) is 0 Å². The zero-order chi connectivity index (χ0) is 11.4. The number of ether oxygens (including phenoxy) is 1. The molecule has 0 bridgehead atoms. The quantitative estimate of drug-likeness (QED) is 0.758. The van der Waals surface area contributed by atoms with Crippen molar-refractivity contribution >= 4 is 5.91 Å². The monoisotopic (exact) mass is 213 g/mol. The first-order chi connectivity index (χ1) is 6.99. The zero-order valence-corrected chi connectivity index (χ0v) is 10.2. The van der Waals surface area contributed by atoms with E-state index in [1.165, 1.54) is 0 Å². The summed E-state index contributed by atoms with van der Waals surface area (Å²) in [5.41, 5.74) is 0. The van der Waals surface area contributed by atoms with Gasteiger partial charge in [0.1, 0.15) is 0 Å². The van der Waals surface area contributed by atoms with Crippen molar-refractivity contribution in [2.45, 2.75) is 52.7 Å². The summed E-state index contributed by atoms with van der Waals surface area (Å²) in [6.45, 7) is 8.96. The summed E-state index contributed by atoms with van der Waals surface area (Å²) in [6.07, 6.45) is 2.32. The molecule has 88 valence electrons. The maximum atomic E-state index is 11.4. The summed E-state index contributed by atoms with van der Waals surface area (Å²) >= 11 is 0. The minimum absolute atomic E-state index is 0.0839. The molecular formula is C12H23NO2. The Morgan fingerprint density at radius 3 is 2.40 bits per heavy atom. The maximum absolute atomic E-state index is 11.4. The molecule has 0 saturated heterocycles. The fraction of sp³-hybridized carbons (Fsp3) is 0.917. The van der Waals surface area contributed by atoms with Crippen LogP contribution in [0.5, 0.6) is 0 Å². The van der Waals surface area contributed by atoms with Gasteiger partial charge in [0.05, 0.1) is 6.10 Å². The Morgan fingerprint density at radius 1 is 1.33 bits per heavy atom. The van der Waals surface area contributed by atoms with Crippen molar-refractivity contribution in [3.8, 4) is 0 Å². The van der Waals surface area contributed by atoms with Crippen molar-refractivity contribution < 1.29 is 9.53 Å². The minimum atomic E-state index is 0.0839. The average Bonchev–Trinajstić information content (AvgIpc) is 2.07. The first kappa shape index (κ1) is 12.5. The van der Waals surface area contributed by atoms with Gasteiger partial charge in [-0.1, -0.05) is 27.7 Å². The van der Waals surface area contributed by atoms with Crippen LogP contribution >= 0.6 is 0 Å². The number of nitrogens with one attached hydrogen (secondary N) is 1. The van der Waals surface area contributed by atoms with Gasteiger partial charge in [-0.3, -0.25) is 4.79 Å². The predicted molar refractivity (Wildman–Crippen MR) is 60.6 cm³/mol. The highest BCUT2D eigenvalue weighted by atomic mass is 16.5. The second-order valence-corrected chi connectivity index (χ2v) is 5.18. The molecule has 15 heavy (non-hydrogen) atoms. The fourth-order valence-corrected chi connectivity index (χ4v) is 1.52. The van der Waals surface area contributed by atoms with Crippen LogP contribution in [0, 0.1) is 11.8 Å². The van der Waals surface area contributed by atoms with Gasteiger partial charge in [-0.25, -0.2) is 0 Å². The zero-order valence-electron chi connectivity index (χ0n) is 10.2. The van der Waals surface area contributed by atoms with Crippen LogP contribution < -0.4 is 5.32 Å². The lowest BCUT2D eigenvalue weighted by Crippen LogP contribution is -2.49. The van der Waals surface area contributed by atoms with E-state index >= 15 is 0 Å². The number of hydrogen-bond acceptors (Lipinski definition) is 2. The third-order valence-electron chi connectivity index (χ3n) is 2.63. The van der Waals surface area contributed by atoms with E-state index in [-0.39, 0.29) is 11.8 Å². The summed E-state index contributed by atoms with van der Waals surface area (Å²) in [6, 6.07) is 0.345. The van der Waals surface area contributed by atoms with Crippen molar-refractivity contribution in [1.29, 1.82) is 0 Å². The van der Waals surface area contributed by atoms with Crippen LogP contribution in [0.1, 0.15) is 40.5 Å². The molecule has 0 radical (unpaired) electrons. The molecule has 0 spiro atoms. The first-order valence-corrected chi connectivity index (χ1v) is 5.91. The minimum Gasteiger partial charge on any atom is -0.378 e. The molecule has 0 aromatic rings. The molecule has 1 amide bonds. The molecule has 0 unspecified atom stereocenters. The molecular weight excluding hydrogens is 190 g/mol. The largest absolute Gasteiger partial charge is 0.378 e. The number of carbonyl (C=O) groups excluding carboxylic acids is 1. The SMILES string of the molecule is CC(C)COC1CC(NC(=O)C(C)C)C1. The Labute approximate surface area is 92.6 Å². The second-order valence-electron chi connectivity index (χ2n) is 5.18. The van der Waals surface area contributed by atoms with E-state index in [0.29, 0.717) is 18.1 Å². The summed E-state index contributed by atoms with van der Waals surface area (Å²) < 4.78 is 5.66. The molecule has 3 heteroatoms. The predicted octanol–water partition coefficient (Wildman–Crippen LogP) is 1.96. The van der Waals surface area contributed by atoms with Crippen molar-refractivity contribution in [1.82, 2.24) is 5.32 Å².